The van der Waals surface area contributed by atoms with Gasteiger partial charge in [0, 0.05) is 28.9 Å². The molecule has 1 aliphatic rings. The Morgan fingerprint density at radius 1 is 1.28 bits per heavy atom. The molecule has 25 heavy (non-hydrogen) atoms. The van der Waals surface area contributed by atoms with Gasteiger partial charge in [0.05, 0.1) is 12.3 Å². The lowest BCUT2D eigenvalue weighted by Gasteiger charge is -2.07. The zero-order valence-electron chi connectivity index (χ0n) is 14.2. The third kappa shape index (κ3) is 3.19. The minimum Gasteiger partial charge on any atom is -0.485 e. The maximum absolute atomic E-state index is 12.0. The van der Waals surface area contributed by atoms with Crippen LogP contribution in [0.1, 0.15) is 34.9 Å². The molecular weight excluding hydrogens is 338 g/mol. The van der Waals surface area contributed by atoms with Crippen molar-refractivity contribution in [1.29, 1.82) is 0 Å². The molecule has 1 aliphatic heterocycles. The summed E-state index contributed by atoms with van der Waals surface area (Å²) in [6, 6.07) is 7.78. The van der Waals surface area contributed by atoms with Crippen LogP contribution in [0.15, 0.2) is 33.6 Å². The molecule has 5 nitrogen and oxygen atoms in total. The molecule has 0 N–H and O–H groups in total. The summed E-state index contributed by atoms with van der Waals surface area (Å²) in [5.74, 6) is 1.73. The highest BCUT2D eigenvalue weighted by Crippen LogP contribution is 2.28. The summed E-state index contributed by atoms with van der Waals surface area (Å²) in [7, 11) is 0. The van der Waals surface area contributed by atoms with Gasteiger partial charge in [-0.1, -0.05) is 16.5 Å². The van der Waals surface area contributed by atoms with E-state index in [0.29, 0.717) is 30.6 Å². The molecule has 2 aromatic heterocycles. The highest BCUT2D eigenvalue weighted by Gasteiger charge is 2.21. The van der Waals surface area contributed by atoms with Gasteiger partial charge < -0.3 is 14.0 Å². The summed E-state index contributed by atoms with van der Waals surface area (Å²) in [6.07, 6.45) is 0.981. The number of hydrogen-bond donors (Lipinski definition) is 0. The van der Waals surface area contributed by atoms with Gasteiger partial charge in [0.2, 0.25) is 4.74 Å². The average molecular weight is 357 g/mol. The first kappa shape index (κ1) is 16.3. The van der Waals surface area contributed by atoms with Crippen LogP contribution in [0.3, 0.4) is 0 Å². The number of aryl methyl sites for hydroxylation is 1. The molecule has 0 saturated carbocycles. The molecule has 0 bridgehead atoms. The maximum Gasteiger partial charge on any atom is 0.236 e. The third-order valence-corrected chi connectivity index (χ3v) is 5.78. The fourth-order valence-corrected chi connectivity index (χ4v) is 4.04. The van der Waals surface area contributed by atoms with Crippen molar-refractivity contribution >= 4 is 21.4 Å². The number of rotatable bonds is 4. The van der Waals surface area contributed by atoms with Crippen molar-refractivity contribution in [3.8, 4) is 5.75 Å². The Hall–Kier alpha value is -2.18. The van der Waals surface area contributed by atoms with Gasteiger partial charge in [-0.05, 0) is 49.4 Å². The number of ether oxygens (including phenoxy) is 2. The molecule has 6 heteroatoms. The summed E-state index contributed by atoms with van der Waals surface area (Å²) in [4.78, 5) is 12.0. The van der Waals surface area contributed by atoms with Gasteiger partial charge in [0.15, 0.2) is 5.76 Å². The van der Waals surface area contributed by atoms with Crippen molar-refractivity contribution in [3.05, 3.63) is 56.4 Å². The molecule has 0 spiro atoms. The van der Waals surface area contributed by atoms with Gasteiger partial charge in [-0.25, -0.2) is 0 Å². The minimum atomic E-state index is 0.0980. The van der Waals surface area contributed by atoms with E-state index in [2.05, 4.69) is 5.16 Å². The first-order valence-electron chi connectivity index (χ1n) is 8.32. The lowest BCUT2D eigenvalue weighted by Crippen LogP contribution is -2.02. The molecule has 0 radical (unpaired) electrons. The van der Waals surface area contributed by atoms with Crippen LogP contribution in [0.2, 0.25) is 0 Å². The van der Waals surface area contributed by atoms with E-state index in [9.17, 15) is 4.79 Å². The Kier molecular flexibility index (Phi) is 4.31. The van der Waals surface area contributed by atoms with Crippen LogP contribution in [0.5, 0.6) is 5.75 Å². The Bertz CT molecular complexity index is 969. The second kappa shape index (κ2) is 6.61. The number of aromatic nitrogens is 1. The molecular formula is C19H19NO4S. The van der Waals surface area contributed by atoms with Gasteiger partial charge in [-0.2, -0.15) is 0 Å². The van der Waals surface area contributed by atoms with E-state index in [0.717, 1.165) is 39.9 Å². The lowest BCUT2D eigenvalue weighted by atomic mass is 10.1. The fourth-order valence-electron chi connectivity index (χ4n) is 3.03. The smallest absolute Gasteiger partial charge is 0.236 e. The topological polar surface area (TPSA) is 61.6 Å². The quantitative estimate of drug-likeness (QED) is 0.707. The van der Waals surface area contributed by atoms with E-state index in [-0.39, 0.29) is 4.74 Å². The van der Waals surface area contributed by atoms with Gasteiger partial charge in [0.1, 0.15) is 12.4 Å². The third-order valence-electron chi connectivity index (χ3n) is 4.73. The van der Waals surface area contributed by atoms with E-state index in [1.807, 2.05) is 38.1 Å². The Morgan fingerprint density at radius 2 is 2.16 bits per heavy atom. The lowest BCUT2D eigenvalue weighted by molar-refractivity contribution is 0.193. The fraction of sp³-hybridized carbons (Fsp3) is 0.368. The molecule has 4 rings (SSSR count). The maximum atomic E-state index is 12.0. The zero-order chi connectivity index (χ0) is 17.4. The van der Waals surface area contributed by atoms with Crippen LogP contribution in [-0.4, -0.2) is 18.4 Å². The summed E-state index contributed by atoms with van der Waals surface area (Å²) in [5.41, 5.74) is 2.78. The van der Waals surface area contributed by atoms with Crippen molar-refractivity contribution in [1.82, 2.24) is 5.16 Å². The SMILES string of the molecule is Cc1c(C)c2ccc(OCc3cc(C4CCOC4)no3)cc2sc1=O. The van der Waals surface area contributed by atoms with E-state index < -0.39 is 0 Å². The second-order valence-corrected chi connectivity index (χ2v) is 7.38. The predicted molar refractivity (Wildman–Crippen MR) is 96.6 cm³/mol. The van der Waals surface area contributed by atoms with Gasteiger partial charge in [-0.15, -0.1) is 0 Å². The standard InChI is InChI=1S/C19H19NO4S/c1-11-12(2)19(21)25-18-8-14(3-4-16(11)18)23-10-15-7-17(20-24-15)13-5-6-22-9-13/h3-4,7-8,13H,5-6,9-10H2,1-2H3. The van der Waals surface area contributed by atoms with Crippen molar-refractivity contribution in [2.45, 2.75) is 32.8 Å². The largest absolute Gasteiger partial charge is 0.485 e. The highest BCUT2D eigenvalue weighted by molar-refractivity contribution is 7.16. The second-order valence-electron chi connectivity index (χ2n) is 6.36. The summed E-state index contributed by atoms with van der Waals surface area (Å²) in [6.45, 7) is 5.65. The van der Waals surface area contributed by atoms with Crippen LogP contribution in [-0.2, 0) is 11.3 Å². The summed E-state index contributed by atoms with van der Waals surface area (Å²) < 4.78 is 17.6. The van der Waals surface area contributed by atoms with E-state index in [4.69, 9.17) is 14.0 Å². The number of hydrogen-bond acceptors (Lipinski definition) is 6. The Morgan fingerprint density at radius 3 is 2.96 bits per heavy atom. The van der Waals surface area contributed by atoms with E-state index >= 15 is 0 Å². The molecule has 1 fully saturated rings. The molecule has 3 heterocycles. The Labute approximate surface area is 149 Å². The van der Waals surface area contributed by atoms with Gasteiger partial charge in [-0.3, -0.25) is 4.79 Å². The van der Waals surface area contributed by atoms with Crippen LogP contribution in [0.4, 0.5) is 0 Å². The Balaban J connectivity index is 1.51. The van der Waals surface area contributed by atoms with Crippen molar-refractivity contribution in [3.63, 3.8) is 0 Å². The molecule has 130 valence electrons. The zero-order valence-corrected chi connectivity index (χ0v) is 15.0. The number of nitrogens with zero attached hydrogens (tertiary/aromatic N) is 1. The molecule has 1 unspecified atom stereocenters. The number of fused-ring (bicyclic) bond motifs is 1. The van der Waals surface area contributed by atoms with E-state index in [1.54, 1.807) is 0 Å². The molecule has 1 atom stereocenters. The van der Waals surface area contributed by atoms with Gasteiger partial charge in [0.25, 0.3) is 0 Å². The molecule has 1 aromatic carbocycles. The normalized spacial score (nSPS) is 17.3. The number of benzene rings is 1. The van der Waals surface area contributed by atoms with E-state index in [1.165, 1.54) is 11.3 Å². The highest BCUT2D eigenvalue weighted by atomic mass is 32.1. The van der Waals surface area contributed by atoms with Crippen molar-refractivity contribution < 1.29 is 14.0 Å². The van der Waals surface area contributed by atoms with Gasteiger partial charge >= 0.3 is 0 Å². The predicted octanol–water partition coefficient (Wildman–Crippen LogP) is 3.95. The van der Waals surface area contributed by atoms with Crippen molar-refractivity contribution in [2.24, 2.45) is 0 Å². The van der Waals surface area contributed by atoms with Crippen LogP contribution in [0, 0.1) is 13.8 Å². The summed E-state index contributed by atoms with van der Waals surface area (Å²) >= 11 is 1.25. The van der Waals surface area contributed by atoms with Crippen molar-refractivity contribution in [2.75, 3.05) is 13.2 Å². The monoisotopic (exact) mass is 357 g/mol. The van der Waals surface area contributed by atoms with Crippen LogP contribution < -0.4 is 9.48 Å². The first-order valence-corrected chi connectivity index (χ1v) is 9.13. The molecule has 3 aromatic rings. The molecule has 1 saturated heterocycles. The first-order chi connectivity index (χ1) is 12.1. The molecule has 0 amide bonds. The van der Waals surface area contributed by atoms with Crippen LogP contribution in [0.25, 0.3) is 10.1 Å². The minimum absolute atomic E-state index is 0.0980. The van der Waals surface area contributed by atoms with Crippen LogP contribution >= 0.6 is 11.3 Å². The summed E-state index contributed by atoms with van der Waals surface area (Å²) in [5, 5.41) is 5.21. The molecule has 0 aliphatic carbocycles. The average Bonchev–Trinajstić information content (AvgIpc) is 3.29.